The molecule has 1 aromatic carbocycles. The maximum atomic E-state index is 12.5. The number of nitrogens with one attached hydrogen (secondary N) is 1. The molecule has 3 nitrogen and oxygen atoms in total. The van der Waals surface area contributed by atoms with Gasteiger partial charge < -0.3 is 15.2 Å². The number of alkyl halides is 3. The Kier molecular flexibility index (Phi) is 4.32. The van der Waals surface area contributed by atoms with Crippen LogP contribution in [0.4, 0.5) is 18.9 Å². The van der Waals surface area contributed by atoms with Gasteiger partial charge in [0.05, 0.1) is 11.7 Å². The van der Waals surface area contributed by atoms with E-state index in [-0.39, 0.29) is 12.6 Å². The Labute approximate surface area is 123 Å². The highest BCUT2D eigenvalue weighted by Crippen LogP contribution is 2.34. The summed E-state index contributed by atoms with van der Waals surface area (Å²) in [5.74, 6) is 0. The molecule has 1 aromatic rings. The molecule has 0 amide bonds. The van der Waals surface area contributed by atoms with Gasteiger partial charge in [0.25, 0.3) is 0 Å². The van der Waals surface area contributed by atoms with Gasteiger partial charge in [0.15, 0.2) is 0 Å². The molecule has 112 valence electrons. The van der Waals surface area contributed by atoms with E-state index in [1.54, 1.807) is 6.92 Å². The van der Waals surface area contributed by atoms with Gasteiger partial charge in [0.2, 0.25) is 0 Å². The lowest BCUT2D eigenvalue weighted by Gasteiger charge is -2.27. The molecule has 0 aliphatic carbocycles. The lowest BCUT2D eigenvalue weighted by Crippen LogP contribution is -2.43. The van der Waals surface area contributed by atoms with Crippen molar-refractivity contribution in [1.29, 1.82) is 0 Å². The zero-order chi connectivity index (χ0) is 15.0. The van der Waals surface area contributed by atoms with Crippen molar-refractivity contribution in [3.8, 4) is 0 Å². The molecule has 1 aliphatic heterocycles. The van der Waals surface area contributed by atoms with Crippen molar-refractivity contribution < 1.29 is 23.0 Å². The van der Waals surface area contributed by atoms with Gasteiger partial charge in [-0.15, -0.1) is 0 Å². The fraction of sp³-hybridized carbons (Fsp3) is 0.538. The summed E-state index contributed by atoms with van der Waals surface area (Å²) >= 11 is 3.11. The molecule has 7 heteroatoms. The third-order valence-corrected chi connectivity index (χ3v) is 4.20. The molecular weight excluding hydrogens is 339 g/mol. The van der Waals surface area contributed by atoms with Crippen LogP contribution in [0, 0.1) is 0 Å². The van der Waals surface area contributed by atoms with Gasteiger partial charge in [-0.25, -0.2) is 0 Å². The Morgan fingerprint density at radius 1 is 1.50 bits per heavy atom. The van der Waals surface area contributed by atoms with Crippen LogP contribution in [0.3, 0.4) is 0 Å². The van der Waals surface area contributed by atoms with E-state index in [1.165, 1.54) is 6.07 Å². The van der Waals surface area contributed by atoms with Crippen LogP contribution >= 0.6 is 15.9 Å². The minimum Gasteiger partial charge on any atom is -0.385 e. The van der Waals surface area contributed by atoms with E-state index in [2.05, 4.69) is 21.2 Å². The van der Waals surface area contributed by atoms with Gasteiger partial charge in [-0.05, 0) is 41.1 Å². The number of halogens is 4. The zero-order valence-electron chi connectivity index (χ0n) is 10.8. The number of hydrogen-bond donors (Lipinski definition) is 2. The summed E-state index contributed by atoms with van der Waals surface area (Å²) in [6.07, 6.45) is -4.17. The Balaban J connectivity index is 2.07. The average molecular weight is 354 g/mol. The fourth-order valence-corrected chi connectivity index (χ4v) is 2.60. The first-order valence-corrected chi connectivity index (χ1v) is 6.96. The van der Waals surface area contributed by atoms with Gasteiger partial charge in [-0.2, -0.15) is 13.2 Å². The normalized spacial score (nSPS) is 26.8. The van der Waals surface area contributed by atoms with E-state index in [9.17, 15) is 18.3 Å². The smallest absolute Gasteiger partial charge is 0.385 e. The molecule has 1 aliphatic rings. The van der Waals surface area contributed by atoms with Crippen molar-refractivity contribution in [2.75, 3.05) is 18.5 Å². The second-order valence-corrected chi connectivity index (χ2v) is 5.77. The van der Waals surface area contributed by atoms with Crippen molar-refractivity contribution in [3.63, 3.8) is 0 Å². The number of benzene rings is 1. The second kappa shape index (κ2) is 5.54. The summed E-state index contributed by atoms with van der Waals surface area (Å²) in [7, 11) is 0. The van der Waals surface area contributed by atoms with E-state index >= 15 is 0 Å². The molecule has 0 bridgehead atoms. The van der Waals surface area contributed by atoms with Gasteiger partial charge in [0, 0.05) is 29.7 Å². The number of hydrogen-bond acceptors (Lipinski definition) is 3. The highest BCUT2D eigenvalue weighted by atomic mass is 79.9. The Morgan fingerprint density at radius 2 is 2.20 bits per heavy atom. The topological polar surface area (TPSA) is 41.5 Å². The highest BCUT2D eigenvalue weighted by molar-refractivity contribution is 9.10. The summed E-state index contributed by atoms with van der Waals surface area (Å²) < 4.78 is 43.2. The van der Waals surface area contributed by atoms with Gasteiger partial charge in [-0.3, -0.25) is 0 Å². The van der Waals surface area contributed by atoms with Crippen LogP contribution in [0.2, 0.25) is 0 Å². The summed E-state index contributed by atoms with van der Waals surface area (Å²) in [6.45, 7) is 2.47. The monoisotopic (exact) mass is 353 g/mol. The number of aliphatic hydroxyl groups is 1. The summed E-state index contributed by atoms with van der Waals surface area (Å²) in [5, 5.41) is 13.3. The molecule has 0 spiro atoms. The van der Waals surface area contributed by atoms with E-state index in [1.807, 2.05) is 0 Å². The van der Waals surface area contributed by atoms with Gasteiger partial charge in [0.1, 0.15) is 5.60 Å². The number of rotatable bonds is 3. The lowest BCUT2D eigenvalue weighted by atomic mass is 9.96. The summed E-state index contributed by atoms with van der Waals surface area (Å²) in [6, 6.07) is 3.36. The SMILES string of the molecule is CC1OCCC1(O)CNc1ccc(C(F)(F)F)cc1Br. The molecule has 2 rings (SSSR count). The first kappa shape index (κ1) is 15.6. The maximum absolute atomic E-state index is 12.5. The molecule has 0 saturated carbocycles. The largest absolute Gasteiger partial charge is 0.416 e. The molecular formula is C13H15BrF3NO2. The summed E-state index contributed by atoms with van der Waals surface area (Å²) in [5.41, 5.74) is -1.21. The standard InChI is InChI=1S/C13H15BrF3NO2/c1-8-12(19,4-5-20-8)7-18-11-3-2-9(6-10(11)14)13(15,16)17/h2-3,6,8,18-19H,4-5,7H2,1H3. The van der Waals surface area contributed by atoms with Crippen LogP contribution in [0.15, 0.2) is 22.7 Å². The lowest BCUT2D eigenvalue weighted by molar-refractivity contribution is -0.137. The molecule has 2 atom stereocenters. The summed E-state index contributed by atoms with van der Waals surface area (Å²) in [4.78, 5) is 0. The second-order valence-electron chi connectivity index (χ2n) is 4.91. The predicted octanol–water partition coefficient (Wildman–Crippen LogP) is 3.42. The van der Waals surface area contributed by atoms with Crippen LogP contribution < -0.4 is 5.32 Å². The number of ether oxygens (including phenoxy) is 1. The minimum absolute atomic E-state index is 0.220. The van der Waals surface area contributed by atoms with Crippen LogP contribution in [0.25, 0.3) is 0 Å². The molecule has 1 fully saturated rings. The zero-order valence-corrected chi connectivity index (χ0v) is 12.4. The molecule has 0 radical (unpaired) electrons. The minimum atomic E-state index is -4.37. The van der Waals surface area contributed by atoms with Crippen molar-refractivity contribution in [3.05, 3.63) is 28.2 Å². The van der Waals surface area contributed by atoms with Crippen LogP contribution in [-0.2, 0) is 10.9 Å². The molecule has 1 heterocycles. The van der Waals surface area contributed by atoms with Crippen LogP contribution in [0.1, 0.15) is 18.9 Å². The van der Waals surface area contributed by atoms with E-state index in [0.29, 0.717) is 23.2 Å². The van der Waals surface area contributed by atoms with E-state index < -0.39 is 17.3 Å². The first-order valence-electron chi connectivity index (χ1n) is 6.17. The van der Waals surface area contributed by atoms with Crippen molar-refractivity contribution in [1.82, 2.24) is 0 Å². The van der Waals surface area contributed by atoms with Crippen molar-refractivity contribution in [2.45, 2.75) is 31.2 Å². The van der Waals surface area contributed by atoms with Gasteiger partial charge >= 0.3 is 6.18 Å². The molecule has 20 heavy (non-hydrogen) atoms. The number of anilines is 1. The molecule has 1 saturated heterocycles. The van der Waals surface area contributed by atoms with E-state index in [4.69, 9.17) is 4.74 Å². The molecule has 2 N–H and O–H groups in total. The Morgan fingerprint density at radius 3 is 2.70 bits per heavy atom. The van der Waals surface area contributed by atoms with Crippen molar-refractivity contribution in [2.24, 2.45) is 0 Å². The fourth-order valence-electron chi connectivity index (χ4n) is 2.09. The third kappa shape index (κ3) is 3.27. The molecule has 2 unspecified atom stereocenters. The van der Waals surface area contributed by atoms with Crippen LogP contribution in [-0.4, -0.2) is 30.0 Å². The third-order valence-electron chi connectivity index (χ3n) is 3.54. The van der Waals surface area contributed by atoms with E-state index in [0.717, 1.165) is 12.1 Å². The quantitative estimate of drug-likeness (QED) is 0.874. The van der Waals surface area contributed by atoms with Gasteiger partial charge in [-0.1, -0.05) is 0 Å². The van der Waals surface area contributed by atoms with Crippen LogP contribution in [0.5, 0.6) is 0 Å². The average Bonchev–Trinajstić information content (AvgIpc) is 2.67. The molecule has 0 aromatic heterocycles. The Hall–Kier alpha value is -0.790. The Bertz CT molecular complexity index is 495. The highest BCUT2D eigenvalue weighted by Gasteiger charge is 2.39. The first-order chi connectivity index (χ1) is 9.22. The predicted molar refractivity (Wildman–Crippen MR) is 72.6 cm³/mol. The van der Waals surface area contributed by atoms with Crippen molar-refractivity contribution >= 4 is 21.6 Å². The maximum Gasteiger partial charge on any atom is 0.416 e.